The maximum absolute atomic E-state index is 14.1. The number of amides is 6. The molecule has 1 aromatic carbocycles. The molecule has 0 saturated heterocycles. The first kappa shape index (κ1) is 62.6. The zero-order valence-corrected chi connectivity index (χ0v) is 49.3. The number of Topliss-reactive ketones (excluding diaryl/α,β-unsaturated/α-hetero) is 1. The van der Waals surface area contributed by atoms with E-state index in [1.54, 1.807) is 25.1 Å². The fourth-order valence-corrected chi connectivity index (χ4v) is 11.4. The lowest BCUT2D eigenvalue weighted by atomic mass is 9.74. The number of ether oxygens (including phenoxy) is 4. The number of aliphatic hydroxyl groups is 1. The van der Waals surface area contributed by atoms with Crippen LogP contribution in [0.4, 0.5) is 0 Å². The van der Waals surface area contributed by atoms with Gasteiger partial charge in [-0.2, -0.15) is 0 Å². The number of fused-ring (bicyclic) bond motifs is 6. The normalized spacial score (nSPS) is 17.3. The summed E-state index contributed by atoms with van der Waals surface area (Å²) in [6.45, 7) is 20.4. The maximum Gasteiger partial charge on any atom is 0.343 e. The topological polar surface area (TPSA) is 306 Å². The Morgan fingerprint density at radius 1 is 0.878 bits per heavy atom. The van der Waals surface area contributed by atoms with Gasteiger partial charge < -0.3 is 55.6 Å². The molecule has 0 radical (unpaired) electrons. The van der Waals surface area contributed by atoms with E-state index in [2.05, 4.69) is 21.3 Å². The molecule has 3 aromatic rings. The van der Waals surface area contributed by atoms with Gasteiger partial charge >= 0.3 is 5.97 Å². The number of carbonyl (C=O) groups is 8. The highest BCUT2D eigenvalue weighted by Crippen LogP contribution is 2.43. The lowest BCUT2D eigenvalue weighted by Gasteiger charge is -2.38. The summed E-state index contributed by atoms with van der Waals surface area (Å²) < 4.78 is 24.3. The van der Waals surface area contributed by atoms with Gasteiger partial charge in [0.15, 0.2) is 22.9 Å². The molecule has 2 aromatic heterocycles. The van der Waals surface area contributed by atoms with Gasteiger partial charge in [0.25, 0.3) is 17.4 Å². The smallest absolute Gasteiger partial charge is 0.343 e. The summed E-state index contributed by atoms with van der Waals surface area (Å²) in [7, 11) is 0. The Balaban J connectivity index is 0.923. The molecule has 0 bridgehead atoms. The maximum atomic E-state index is 14.1. The van der Waals surface area contributed by atoms with Crippen LogP contribution >= 0.6 is 0 Å². The highest BCUT2D eigenvalue weighted by atomic mass is 16.7. The average Bonchev–Trinajstić information content (AvgIpc) is 2.05. The van der Waals surface area contributed by atoms with Crippen LogP contribution in [-0.4, -0.2) is 117 Å². The molecule has 0 aliphatic carbocycles. The summed E-state index contributed by atoms with van der Waals surface area (Å²) in [5.41, 5.74) is 3.40. The van der Waals surface area contributed by atoms with Crippen LogP contribution < -0.4 is 42.0 Å². The first-order chi connectivity index (χ1) is 38.4. The van der Waals surface area contributed by atoms with E-state index in [0.29, 0.717) is 90.0 Å². The van der Waals surface area contributed by atoms with E-state index in [1.165, 1.54) is 21.6 Å². The van der Waals surface area contributed by atoms with Crippen molar-refractivity contribution in [1.82, 2.24) is 35.7 Å². The molecule has 0 saturated carbocycles. The number of hydrogen-bond acceptors (Lipinski definition) is 16. The van der Waals surface area contributed by atoms with E-state index in [1.807, 2.05) is 69.2 Å². The van der Waals surface area contributed by atoms with Crippen LogP contribution in [0.1, 0.15) is 156 Å². The van der Waals surface area contributed by atoms with Gasteiger partial charge in [0.1, 0.15) is 6.61 Å². The zero-order chi connectivity index (χ0) is 60.3. The van der Waals surface area contributed by atoms with Crippen LogP contribution in [-0.2, 0) is 73.1 Å². The van der Waals surface area contributed by atoms with Gasteiger partial charge in [0.2, 0.25) is 30.4 Å². The van der Waals surface area contributed by atoms with E-state index in [-0.39, 0.29) is 105 Å². The number of unbranched alkanes of at least 4 members (excludes halogenated alkanes) is 1. The van der Waals surface area contributed by atoms with Gasteiger partial charge in [0.05, 0.1) is 47.2 Å². The molecule has 3 atom stereocenters. The first-order valence-electron chi connectivity index (χ1n) is 28.4. The Bertz CT molecular complexity index is 3100. The minimum absolute atomic E-state index is 0.00168. The van der Waals surface area contributed by atoms with E-state index in [4.69, 9.17) is 29.7 Å². The van der Waals surface area contributed by atoms with Crippen molar-refractivity contribution in [2.24, 2.45) is 28.4 Å². The Morgan fingerprint density at radius 3 is 2.22 bits per heavy atom. The number of esters is 1. The molecular weight excluding hydrogens is 1060 g/mol. The largest absolute Gasteiger partial charge is 0.458 e. The predicted molar refractivity (Wildman–Crippen MR) is 302 cm³/mol. The number of benzene rings is 1. The third kappa shape index (κ3) is 14.2. The van der Waals surface area contributed by atoms with Crippen LogP contribution in [0.15, 0.2) is 35.1 Å². The molecule has 6 amide bonds. The van der Waals surface area contributed by atoms with E-state index in [9.17, 15) is 48.3 Å². The number of hydrogen-bond donors (Lipinski definition) is 6. The molecule has 7 rings (SSSR count). The van der Waals surface area contributed by atoms with Gasteiger partial charge in [-0.05, 0) is 102 Å². The Morgan fingerprint density at radius 2 is 1.56 bits per heavy atom. The minimum Gasteiger partial charge on any atom is -0.458 e. The van der Waals surface area contributed by atoms with Gasteiger partial charge in [-0.1, -0.05) is 54.9 Å². The molecule has 0 fully saturated rings. The minimum atomic E-state index is -2.03. The second kappa shape index (κ2) is 24.8. The third-order valence-corrected chi connectivity index (χ3v) is 16.0. The number of rotatable bonds is 28. The zero-order valence-electron chi connectivity index (χ0n) is 49.3. The fraction of sp³-hybridized carbons (Fsp3) is 0.600. The molecule has 446 valence electrons. The van der Waals surface area contributed by atoms with Gasteiger partial charge in [-0.15, -0.1) is 0 Å². The monoisotopic (exact) mass is 1140 g/mol. The average molecular weight is 1140 g/mol. The van der Waals surface area contributed by atoms with Crippen molar-refractivity contribution in [3.8, 4) is 22.9 Å². The molecule has 7 N–H and O–H groups in total. The van der Waals surface area contributed by atoms with Gasteiger partial charge in [-0.25, -0.2) is 9.78 Å². The van der Waals surface area contributed by atoms with Crippen LogP contribution in [0.5, 0.6) is 11.5 Å². The van der Waals surface area contributed by atoms with Crippen molar-refractivity contribution >= 4 is 58.1 Å². The summed E-state index contributed by atoms with van der Waals surface area (Å²) >= 11 is 0. The van der Waals surface area contributed by atoms with Crippen LogP contribution in [0.25, 0.3) is 22.3 Å². The highest BCUT2D eigenvalue weighted by Gasteiger charge is 2.46. The number of aromatic nitrogens is 2. The summed E-state index contributed by atoms with van der Waals surface area (Å²) in [4.78, 5) is 126. The third-order valence-electron chi connectivity index (χ3n) is 16.0. The van der Waals surface area contributed by atoms with Crippen molar-refractivity contribution in [3.05, 3.63) is 63.0 Å². The Labute approximate surface area is 478 Å². The lowest BCUT2D eigenvalue weighted by Crippen LogP contribution is -2.51. The van der Waals surface area contributed by atoms with Crippen molar-refractivity contribution in [2.45, 2.75) is 176 Å². The summed E-state index contributed by atoms with van der Waals surface area (Å²) in [6, 6.07) is 4.17. The lowest BCUT2D eigenvalue weighted by molar-refractivity contribution is -0.172. The van der Waals surface area contributed by atoms with Crippen molar-refractivity contribution in [2.75, 3.05) is 33.0 Å². The van der Waals surface area contributed by atoms with Gasteiger partial charge in [-0.3, -0.25) is 43.3 Å². The first-order valence-corrected chi connectivity index (χ1v) is 28.4. The number of pyridine rings is 2. The highest BCUT2D eigenvalue weighted by molar-refractivity contribution is 6.13. The summed E-state index contributed by atoms with van der Waals surface area (Å²) in [5.74, 6) is -3.71. The number of carbonyl (C=O) groups excluding carboxylic acids is 8. The van der Waals surface area contributed by atoms with Crippen LogP contribution in [0.2, 0.25) is 0 Å². The van der Waals surface area contributed by atoms with Gasteiger partial charge in [0, 0.05) is 84.1 Å². The molecule has 6 heterocycles. The number of nitrogens with zero attached hydrogens (tertiary/aromatic N) is 3. The number of ketones is 1. The molecule has 22 nitrogen and oxygen atoms in total. The van der Waals surface area contributed by atoms with E-state index < -0.39 is 69.4 Å². The molecular formula is C60H82N8O14. The van der Waals surface area contributed by atoms with Crippen molar-refractivity contribution < 1.29 is 62.4 Å². The molecule has 0 spiro atoms. The van der Waals surface area contributed by atoms with E-state index >= 15 is 0 Å². The standard InChI is InChI=1S/C60H82N8O14/c1-12-60(78)40-25-42-51-38(29-67(42)53(75)39(40)30-79-55(60)77)37(36-24-44-45(81-33-80-44)26-41(36)64-51)27-62-47(71)28-63-52(74)35(15-13-14-21-61)23-43(69)50(34(2)3)65-46(70)18-19-59(10,11)82-22-20-58(8,9)66-54(76)57(6,7)31-56(4,5)32-68-48(72)16-17-49(68)73/h16-17,24-26,34-35,50,78H,12-15,18-23,27-33,61H2,1-11H3,(H,62,71)(H,63,74)(H,65,70)(H,66,76)/t35-,50?,60+/m1/s1. The summed E-state index contributed by atoms with van der Waals surface area (Å²) in [5, 5.41) is 23.7. The molecule has 4 aliphatic rings. The number of imide groups is 1. The molecule has 1 unspecified atom stereocenters. The van der Waals surface area contributed by atoms with Crippen molar-refractivity contribution in [3.63, 3.8) is 0 Å². The summed E-state index contributed by atoms with van der Waals surface area (Å²) in [6.07, 6.45) is 4.97. The molecule has 22 heteroatoms. The predicted octanol–water partition coefficient (Wildman–Crippen LogP) is 4.61. The number of nitrogens with two attached hydrogens (primary N) is 1. The fourth-order valence-electron chi connectivity index (χ4n) is 11.4. The molecule has 82 heavy (non-hydrogen) atoms. The Hall–Kier alpha value is -7.04. The number of nitrogens with one attached hydrogen (secondary N) is 4. The second-order valence-corrected chi connectivity index (χ2v) is 25.2. The number of cyclic esters (lactones) is 1. The second-order valence-electron chi connectivity index (χ2n) is 25.2. The van der Waals surface area contributed by atoms with Crippen LogP contribution in [0.3, 0.4) is 0 Å². The Kier molecular flexibility index (Phi) is 18.9. The van der Waals surface area contributed by atoms with E-state index in [0.717, 1.165) is 0 Å². The SMILES string of the molecule is CC[C@@]1(O)C(=O)OCc2c1cc1n(c2=O)Cc2c-1nc1cc3c(cc1c2CNC(=O)CNC(=O)[C@H](CCCCN)CC(=O)C(NC(=O)CCC(C)(C)OCCC(C)(C)NC(=O)C(C)(C)CC(C)(C)CN1C(=O)C=CC1=O)C(C)C)OCO3. The van der Waals surface area contributed by atoms with Crippen molar-refractivity contribution in [1.29, 1.82) is 0 Å². The quantitative estimate of drug-likeness (QED) is 0.0257. The van der Waals surface area contributed by atoms with Crippen LogP contribution in [0, 0.1) is 22.7 Å². The molecule has 4 aliphatic heterocycles.